The highest BCUT2D eigenvalue weighted by molar-refractivity contribution is 5.97. The molecule has 1 heterocycles. The minimum atomic E-state index is -0.145. The molecule has 0 saturated carbocycles. The molecule has 0 fully saturated rings. The van der Waals surface area contributed by atoms with Crippen molar-refractivity contribution in [2.75, 3.05) is 5.32 Å². The number of rotatable bonds is 3. The molecular formula is C18H18N2O2. The maximum Gasteiger partial charge on any atom is 0.228 e. The topological polar surface area (TPSA) is 65.1 Å². The van der Waals surface area contributed by atoms with Gasteiger partial charge in [-0.2, -0.15) is 0 Å². The van der Waals surface area contributed by atoms with Gasteiger partial charge < -0.3 is 15.4 Å². The monoisotopic (exact) mass is 294 g/mol. The summed E-state index contributed by atoms with van der Waals surface area (Å²) in [6.07, 6.45) is 0.267. The van der Waals surface area contributed by atoms with Gasteiger partial charge in [0, 0.05) is 16.6 Å². The standard InChI is InChI=1S/C18H18N2O2/c1-11-7-8-17(21)16(9-11)20-18(22)10-14-12(2)19-15-6-4-3-5-13(14)15/h3-9,19,21H,10H2,1-2H3,(H,20,22). The average Bonchev–Trinajstić information content (AvgIpc) is 2.79. The van der Waals surface area contributed by atoms with Crippen molar-refractivity contribution in [3.8, 4) is 5.75 Å². The summed E-state index contributed by atoms with van der Waals surface area (Å²) in [4.78, 5) is 15.6. The van der Waals surface area contributed by atoms with Crippen LogP contribution in [0.5, 0.6) is 5.75 Å². The number of para-hydroxylation sites is 1. The first-order valence-corrected chi connectivity index (χ1v) is 7.20. The van der Waals surface area contributed by atoms with E-state index in [2.05, 4.69) is 10.3 Å². The van der Waals surface area contributed by atoms with Crippen molar-refractivity contribution in [3.63, 3.8) is 0 Å². The zero-order valence-electron chi connectivity index (χ0n) is 12.6. The molecule has 3 rings (SSSR count). The number of carbonyl (C=O) groups is 1. The number of aromatic hydroxyl groups is 1. The summed E-state index contributed by atoms with van der Waals surface area (Å²) in [5.41, 5.74) is 4.44. The third-order valence-corrected chi connectivity index (χ3v) is 3.79. The van der Waals surface area contributed by atoms with Crippen LogP contribution in [0.4, 0.5) is 5.69 Å². The number of phenols is 1. The fourth-order valence-corrected chi connectivity index (χ4v) is 2.67. The number of anilines is 1. The Hall–Kier alpha value is -2.75. The van der Waals surface area contributed by atoms with Gasteiger partial charge in [0.05, 0.1) is 12.1 Å². The first-order valence-electron chi connectivity index (χ1n) is 7.20. The summed E-state index contributed by atoms with van der Waals surface area (Å²) in [7, 11) is 0. The van der Waals surface area contributed by atoms with Gasteiger partial charge in [-0.05, 0) is 43.2 Å². The molecule has 1 amide bonds. The van der Waals surface area contributed by atoms with E-state index in [4.69, 9.17) is 0 Å². The molecule has 1 aromatic heterocycles. The predicted molar refractivity (Wildman–Crippen MR) is 88.2 cm³/mol. The van der Waals surface area contributed by atoms with Gasteiger partial charge in [0.2, 0.25) is 5.91 Å². The molecule has 0 bridgehead atoms. The van der Waals surface area contributed by atoms with Crippen molar-refractivity contribution < 1.29 is 9.90 Å². The maximum absolute atomic E-state index is 12.3. The molecule has 3 N–H and O–H groups in total. The number of aryl methyl sites for hydroxylation is 2. The van der Waals surface area contributed by atoms with Crippen molar-refractivity contribution in [1.82, 2.24) is 4.98 Å². The smallest absolute Gasteiger partial charge is 0.228 e. The highest BCUT2D eigenvalue weighted by Crippen LogP contribution is 2.26. The molecule has 0 spiro atoms. The summed E-state index contributed by atoms with van der Waals surface area (Å²) < 4.78 is 0. The van der Waals surface area contributed by atoms with E-state index in [1.165, 1.54) is 0 Å². The Morgan fingerprint density at radius 1 is 1.18 bits per heavy atom. The van der Waals surface area contributed by atoms with Crippen LogP contribution in [0.1, 0.15) is 16.8 Å². The lowest BCUT2D eigenvalue weighted by Crippen LogP contribution is -2.15. The van der Waals surface area contributed by atoms with Crippen molar-refractivity contribution >= 4 is 22.5 Å². The quantitative estimate of drug-likeness (QED) is 0.645. The molecule has 0 aliphatic rings. The van der Waals surface area contributed by atoms with E-state index in [1.54, 1.807) is 18.2 Å². The van der Waals surface area contributed by atoms with Crippen LogP contribution < -0.4 is 5.32 Å². The normalized spacial score (nSPS) is 10.8. The summed E-state index contributed by atoms with van der Waals surface area (Å²) in [5.74, 6) is -0.0663. The highest BCUT2D eigenvalue weighted by Gasteiger charge is 2.13. The molecule has 3 aromatic rings. The van der Waals surface area contributed by atoms with Gasteiger partial charge in [-0.15, -0.1) is 0 Å². The minimum Gasteiger partial charge on any atom is -0.506 e. The number of aromatic nitrogens is 1. The fourth-order valence-electron chi connectivity index (χ4n) is 2.67. The van der Waals surface area contributed by atoms with E-state index < -0.39 is 0 Å². The van der Waals surface area contributed by atoms with Gasteiger partial charge in [-0.25, -0.2) is 0 Å². The number of fused-ring (bicyclic) bond motifs is 1. The fraction of sp³-hybridized carbons (Fsp3) is 0.167. The third-order valence-electron chi connectivity index (χ3n) is 3.79. The number of benzene rings is 2. The lowest BCUT2D eigenvalue weighted by Gasteiger charge is -2.08. The number of aromatic amines is 1. The first-order chi connectivity index (χ1) is 10.5. The second kappa shape index (κ2) is 5.56. The van der Waals surface area contributed by atoms with Crippen LogP contribution in [0.15, 0.2) is 42.5 Å². The molecule has 0 radical (unpaired) electrons. The van der Waals surface area contributed by atoms with Crippen LogP contribution in [0, 0.1) is 13.8 Å². The molecule has 0 saturated heterocycles. The number of amides is 1. The molecule has 0 aliphatic heterocycles. The maximum atomic E-state index is 12.3. The van der Waals surface area contributed by atoms with Crippen molar-refractivity contribution in [3.05, 3.63) is 59.3 Å². The van der Waals surface area contributed by atoms with E-state index in [0.29, 0.717) is 5.69 Å². The number of hydrogen-bond donors (Lipinski definition) is 3. The van der Waals surface area contributed by atoms with Crippen molar-refractivity contribution in [1.29, 1.82) is 0 Å². The number of carbonyl (C=O) groups excluding carboxylic acids is 1. The number of H-pyrrole nitrogens is 1. The van der Waals surface area contributed by atoms with Gasteiger partial charge in [-0.1, -0.05) is 24.3 Å². The van der Waals surface area contributed by atoms with Gasteiger partial charge in [0.15, 0.2) is 0 Å². The minimum absolute atomic E-state index is 0.0783. The SMILES string of the molecule is Cc1ccc(O)c(NC(=O)Cc2c(C)[nH]c3ccccc23)c1. The molecule has 4 heteroatoms. The number of nitrogens with one attached hydrogen (secondary N) is 2. The molecule has 4 nitrogen and oxygen atoms in total. The van der Waals surface area contributed by atoms with Crippen LogP contribution in [0.25, 0.3) is 10.9 Å². The second-order valence-corrected chi connectivity index (χ2v) is 5.52. The van der Waals surface area contributed by atoms with Crippen LogP contribution in [-0.2, 0) is 11.2 Å². The molecule has 112 valence electrons. The lowest BCUT2D eigenvalue weighted by atomic mass is 10.1. The highest BCUT2D eigenvalue weighted by atomic mass is 16.3. The van der Waals surface area contributed by atoms with Crippen LogP contribution in [0.3, 0.4) is 0 Å². The molecule has 22 heavy (non-hydrogen) atoms. The van der Waals surface area contributed by atoms with E-state index in [9.17, 15) is 9.90 Å². The Kier molecular flexibility index (Phi) is 3.59. The Labute approximate surface area is 128 Å². The van der Waals surface area contributed by atoms with E-state index in [0.717, 1.165) is 27.7 Å². The molecule has 2 aromatic carbocycles. The van der Waals surface area contributed by atoms with Crippen molar-refractivity contribution in [2.45, 2.75) is 20.3 Å². The Morgan fingerprint density at radius 3 is 2.77 bits per heavy atom. The summed E-state index contributed by atoms with van der Waals surface area (Å²) in [6.45, 7) is 3.88. The van der Waals surface area contributed by atoms with Crippen LogP contribution in [0.2, 0.25) is 0 Å². The van der Waals surface area contributed by atoms with Gasteiger partial charge >= 0.3 is 0 Å². The second-order valence-electron chi connectivity index (χ2n) is 5.52. The van der Waals surface area contributed by atoms with Gasteiger partial charge in [-0.3, -0.25) is 4.79 Å². The Bertz CT molecular complexity index is 849. The first kappa shape index (κ1) is 14.2. The summed E-state index contributed by atoms with van der Waals surface area (Å²) in [6, 6.07) is 13.1. The Balaban J connectivity index is 1.84. The predicted octanol–water partition coefficient (Wildman–Crippen LogP) is 3.67. The zero-order valence-corrected chi connectivity index (χ0v) is 12.6. The number of phenolic OH excluding ortho intramolecular Hbond substituents is 1. The van der Waals surface area contributed by atoms with E-state index >= 15 is 0 Å². The van der Waals surface area contributed by atoms with Gasteiger partial charge in [0.25, 0.3) is 0 Å². The summed E-state index contributed by atoms with van der Waals surface area (Å²) >= 11 is 0. The average molecular weight is 294 g/mol. The summed E-state index contributed by atoms with van der Waals surface area (Å²) in [5, 5.41) is 13.7. The van der Waals surface area contributed by atoms with Crippen molar-refractivity contribution in [2.24, 2.45) is 0 Å². The van der Waals surface area contributed by atoms with E-state index in [-0.39, 0.29) is 18.1 Å². The van der Waals surface area contributed by atoms with E-state index in [1.807, 2.05) is 38.1 Å². The molecule has 0 aliphatic carbocycles. The largest absolute Gasteiger partial charge is 0.506 e. The Morgan fingerprint density at radius 2 is 1.95 bits per heavy atom. The zero-order chi connectivity index (χ0) is 15.7. The van der Waals surface area contributed by atoms with Crippen LogP contribution >= 0.6 is 0 Å². The number of hydrogen-bond acceptors (Lipinski definition) is 2. The van der Waals surface area contributed by atoms with Gasteiger partial charge in [0.1, 0.15) is 5.75 Å². The third kappa shape index (κ3) is 2.68. The lowest BCUT2D eigenvalue weighted by molar-refractivity contribution is -0.115. The molecular weight excluding hydrogens is 276 g/mol. The molecule has 0 atom stereocenters. The van der Waals surface area contributed by atoms with Crippen LogP contribution in [-0.4, -0.2) is 16.0 Å². The molecule has 0 unspecified atom stereocenters.